The maximum absolute atomic E-state index is 6.21. The lowest BCUT2D eigenvalue weighted by Crippen LogP contribution is -2.52. The highest BCUT2D eigenvalue weighted by molar-refractivity contribution is 5.89. The summed E-state index contributed by atoms with van der Waals surface area (Å²) in [4.78, 5) is 14.4. The number of hydrogen-bond donors (Lipinski definition) is 0. The Bertz CT molecular complexity index is 984. The summed E-state index contributed by atoms with van der Waals surface area (Å²) in [6.07, 6.45) is 4.59. The van der Waals surface area contributed by atoms with Gasteiger partial charge in [-0.15, -0.1) is 0 Å². The fourth-order valence-corrected chi connectivity index (χ4v) is 4.16. The van der Waals surface area contributed by atoms with Crippen LogP contribution in [0.2, 0.25) is 0 Å². The summed E-state index contributed by atoms with van der Waals surface area (Å²) < 4.78 is 13.7. The lowest BCUT2D eigenvalue weighted by molar-refractivity contribution is 0.0785. The molecular weight excluding hydrogens is 366 g/mol. The first kappa shape index (κ1) is 18.2. The van der Waals surface area contributed by atoms with Crippen molar-refractivity contribution in [3.63, 3.8) is 0 Å². The number of aryl methyl sites for hydroxylation is 1. The van der Waals surface area contributed by atoms with Crippen molar-refractivity contribution in [2.75, 3.05) is 43.1 Å². The molecule has 29 heavy (non-hydrogen) atoms. The van der Waals surface area contributed by atoms with E-state index in [1.165, 1.54) is 0 Å². The molecule has 0 spiro atoms. The minimum absolute atomic E-state index is 0.143. The van der Waals surface area contributed by atoms with E-state index in [4.69, 9.17) is 19.4 Å². The number of nitrogens with zero attached hydrogens (tertiary/aromatic N) is 5. The molecule has 0 bridgehead atoms. The molecule has 4 heterocycles. The summed E-state index contributed by atoms with van der Waals surface area (Å²) in [6.45, 7) is 3.49. The maximum Gasteiger partial charge on any atom is 0.229 e. The monoisotopic (exact) mass is 393 g/mol. The van der Waals surface area contributed by atoms with Gasteiger partial charge in [0.1, 0.15) is 23.3 Å². The molecule has 2 saturated heterocycles. The van der Waals surface area contributed by atoms with Crippen molar-refractivity contribution in [1.82, 2.24) is 14.5 Å². The topological polar surface area (TPSA) is 55.6 Å². The summed E-state index contributed by atoms with van der Waals surface area (Å²) in [5.74, 6) is 2.71. The summed E-state index contributed by atoms with van der Waals surface area (Å²) in [6, 6.07) is 12.2. The smallest absolute Gasteiger partial charge is 0.229 e. The minimum Gasteiger partial charge on any atom is -0.489 e. The molecule has 0 saturated carbocycles. The standard InChI is InChI=1S/C22H27N5O2/c1-25-12-10-19-20(25)23-22(24-21(19)27-14-18(15-27)28-2)26-11-6-9-17(13-26)29-16-7-4-3-5-8-16/h3-5,7-8,10,12,17-18H,6,9,11,13-15H2,1-2H3. The second kappa shape index (κ2) is 7.55. The molecule has 7 heteroatoms. The van der Waals surface area contributed by atoms with Crippen molar-refractivity contribution < 1.29 is 9.47 Å². The van der Waals surface area contributed by atoms with Crippen LogP contribution in [0.3, 0.4) is 0 Å². The Balaban J connectivity index is 1.41. The molecule has 0 amide bonds. The highest BCUT2D eigenvalue weighted by atomic mass is 16.5. The van der Waals surface area contributed by atoms with Gasteiger partial charge in [-0.3, -0.25) is 0 Å². The highest BCUT2D eigenvalue weighted by Gasteiger charge is 2.31. The Morgan fingerprint density at radius 2 is 1.76 bits per heavy atom. The molecule has 0 N–H and O–H groups in total. The molecule has 0 aliphatic carbocycles. The average Bonchev–Trinajstić information content (AvgIpc) is 3.09. The third-order valence-corrected chi connectivity index (χ3v) is 5.88. The van der Waals surface area contributed by atoms with Crippen molar-refractivity contribution in [3.05, 3.63) is 42.6 Å². The Morgan fingerprint density at radius 3 is 2.55 bits per heavy atom. The first-order valence-corrected chi connectivity index (χ1v) is 10.3. The molecule has 2 aliphatic heterocycles. The lowest BCUT2D eigenvalue weighted by Gasteiger charge is -2.40. The molecule has 152 valence electrons. The van der Waals surface area contributed by atoms with Gasteiger partial charge in [-0.05, 0) is 31.0 Å². The van der Waals surface area contributed by atoms with E-state index >= 15 is 0 Å². The Labute approximate surface area is 170 Å². The van der Waals surface area contributed by atoms with Crippen LogP contribution >= 0.6 is 0 Å². The molecule has 2 aliphatic rings. The molecule has 7 nitrogen and oxygen atoms in total. The van der Waals surface area contributed by atoms with E-state index in [0.717, 1.165) is 67.6 Å². The summed E-state index contributed by atoms with van der Waals surface area (Å²) in [5, 5.41) is 1.10. The van der Waals surface area contributed by atoms with Crippen molar-refractivity contribution in [2.24, 2.45) is 7.05 Å². The van der Waals surface area contributed by atoms with Crippen LogP contribution in [-0.2, 0) is 11.8 Å². The molecule has 1 aromatic carbocycles. The van der Waals surface area contributed by atoms with Crippen LogP contribution in [0.5, 0.6) is 5.75 Å². The van der Waals surface area contributed by atoms with Gasteiger partial charge in [-0.1, -0.05) is 18.2 Å². The number of benzene rings is 1. The van der Waals surface area contributed by atoms with E-state index < -0.39 is 0 Å². The largest absolute Gasteiger partial charge is 0.489 e. The van der Waals surface area contributed by atoms with Gasteiger partial charge in [0.2, 0.25) is 5.95 Å². The molecule has 1 unspecified atom stereocenters. The molecule has 0 radical (unpaired) electrons. The molecule has 3 aromatic rings. The van der Waals surface area contributed by atoms with E-state index in [-0.39, 0.29) is 12.2 Å². The van der Waals surface area contributed by atoms with Crippen LogP contribution in [0.25, 0.3) is 11.0 Å². The van der Waals surface area contributed by atoms with Crippen LogP contribution in [0.4, 0.5) is 11.8 Å². The number of methoxy groups -OCH3 is 1. The van der Waals surface area contributed by atoms with Gasteiger partial charge >= 0.3 is 0 Å². The van der Waals surface area contributed by atoms with Gasteiger partial charge in [0.05, 0.1) is 18.0 Å². The van der Waals surface area contributed by atoms with E-state index in [2.05, 4.69) is 26.6 Å². The molecule has 2 fully saturated rings. The zero-order valence-electron chi connectivity index (χ0n) is 17.0. The van der Waals surface area contributed by atoms with Gasteiger partial charge in [-0.25, -0.2) is 0 Å². The zero-order chi connectivity index (χ0) is 19.8. The quantitative estimate of drug-likeness (QED) is 0.664. The SMILES string of the molecule is COC1CN(c2nc(N3CCCC(Oc4ccccc4)C3)nc3c2ccn3C)C1. The molecule has 1 atom stereocenters. The van der Waals surface area contributed by atoms with Crippen LogP contribution < -0.4 is 14.5 Å². The molecule has 5 rings (SSSR count). The number of piperidine rings is 1. The summed E-state index contributed by atoms with van der Waals surface area (Å²) in [5.41, 5.74) is 0.969. The lowest BCUT2D eigenvalue weighted by atomic mass is 10.1. The predicted octanol–water partition coefficient (Wildman–Crippen LogP) is 2.85. The van der Waals surface area contributed by atoms with Crippen molar-refractivity contribution in [3.8, 4) is 5.75 Å². The summed E-state index contributed by atoms with van der Waals surface area (Å²) in [7, 11) is 3.81. The fourth-order valence-electron chi connectivity index (χ4n) is 4.16. The number of rotatable bonds is 5. The van der Waals surface area contributed by atoms with Gasteiger partial charge in [0.15, 0.2) is 0 Å². The van der Waals surface area contributed by atoms with E-state index in [1.54, 1.807) is 7.11 Å². The van der Waals surface area contributed by atoms with Crippen LogP contribution in [0, 0.1) is 0 Å². The number of anilines is 2. The maximum atomic E-state index is 6.21. The van der Waals surface area contributed by atoms with Gasteiger partial charge in [0, 0.05) is 40.0 Å². The van der Waals surface area contributed by atoms with Crippen LogP contribution in [0.15, 0.2) is 42.6 Å². The molecular formula is C22H27N5O2. The predicted molar refractivity (Wildman–Crippen MR) is 114 cm³/mol. The van der Waals surface area contributed by atoms with Gasteiger partial charge < -0.3 is 23.8 Å². The van der Waals surface area contributed by atoms with Crippen LogP contribution in [0.1, 0.15) is 12.8 Å². The normalized spacial score (nSPS) is 20.1. The van der Waals surface area contributed by atoms with Crippen molar-refractivity contribution in [1.29, 1.82) is 0 Å². The molecule has 2 aromatic heterocycles. The third-order valence-electron chi connectivity index (χ3n) is 5.88. The second-order valence-corrected chi connectivity index (χ2v) is 7.91. The number of fused-ring (bicyclic) bond motifs is 1. The third kappa shape index (κ3) is 3.51. The minimum atomic E-state index is 0.143. The van der Waals surface area contributed by atoms with Gasteiger partial charge in [0.25, 0.3) is 0 Å². The number of aromatic nitrogens is 3. The van der Waals surface area contributed by atoms with E-state index in [1.807, 2.05) is 37.4 Å². The van der Waals surface area contributed by atoms with Crippen molar-refractivity contribution in [2.45, 2.75) is 25.0 Å². The number of ether oxygens (including phenoxy) is 2. The average molecular weight is 393 g/mol. The number of hydrogen-bond acceptors (Lipinski definition) is 6. The van der Waals surface area contributed by atoms with Crippen molar-refractivity contribution >= 4 is 22.8 Å². The van der Waals surface area contributed by atoms with E-state index in [9.17, 15) is 0 Å². The fraction of sp³-hybridized carbons (Fsp3) is 0.455. The Hall–Kier alpha value is -2.80. The van der Waals surface area contributed by atoms with Gasteiger partial charge in [-0.2, -0.15) is 9.97 Å². The highest BCUT2D eigenvalue weighted by Crippen LogP contribution is 2.31. The van der Waals surface area contributed by atoms with E-state index in [0.29, 0.717) is 0 Å². The Morgan fingerprint density at radius 1 is 0.966 bits per heavy atom. The first-order valence-electron chi connectivity index (χ1n) is 10.3. The first-order chi connectivity index (χ1) is 14.2. The van der Waals surface area contributed by atoms with Crippen LogP contribution in [-0.4, -0.2) is 60.0 Å². The number of para-hydroxylation sites is 1. The zero-order valence-corrected chi connectivity index (χ0v) is 17.0. The Kier molecular flexibility index (Phi) is 4.75. The summed E-state index contributed by atoms with van der Waals surface area (Å²) >= 11 is 0. The second-order valence-electron chi connectivity index (χ2n) is 7.91.